The summed E-state index contributed by atoms with van der Waals surface area (Å²) in [5, 5.41) is 16.1. The number of nitro groups is 1. The molecule has 3 aromatic rings. The number of hydrogen-bond acceptors (Lipinski definition) is 4. The molecule has 5 heteroatoms. The highest BCUT2D eigenvalue weighted by Gasteiger charge is 2.23. The average Bonchev–Trinajstić information content (AvgIpc) is 3.44. The monoisotopic (exact) mass is 319 g/mol. The molecular weight excluding hydrogens is 302 g/mol. The first-order valence-corrected chi connectivity index (χ1v) is 8.06. The summed E-state index contributed by atoms with van der Waals surface area (Å²) in [7, 11) is 0. The van der Waals surface area contributed by atoms with E-state index in [0.29, 0.717) is 17.6 Å². The van der Waals surface area contributed by atoms with E-state index in [1.807, 2.05) is 6.07 Å². The molecule has 1 fully saturated rings. The Morgan fingerprint density at radius 2 is 1.92 bits per heavy atom. The Morgan fingerprint density at radius 1 is 1.12 bits per heavy atom. The predicted octanol–water partition coefficient (Wildman–Crippen LogP) is 4.63. The van der Waals surface area contributed by atoms with Crippen molar-refractivity contribution in [3.8, 4) is 0 Å². The molecule has 2 aromatic carbocycles. The largest absolute Gasteiger partial charge is 0.375 e. The molecular formula is C19H17N3O2. The van der Waals surface area contributed by atoms with Crippen molar-refractivity contribution >= 4 is 22.1 Å². The van der Waals surface area contributed by atoms with Crippen molar-refractivity contribution in [3.05, 3.63) is 76.1 Å². The van der Waals surface area contributed by atoms with E-state index in [9.17, 15) is 10.1 Å². The standard InChI is InChI=1S/C19H17N3O2/c23-22(24)19-17-9-10-20-12-16(17)7-8-18(19)21-11-13-1-3-14(4-2-13)15-5-6-15/h1-4,7-10,12,15,21H,5-6,11H2. The van der Waals surface area contributed by atoms with Crippen LogP contribution in [0.1, 0.15) is 29.9 Å². The molecule has 0 unspecified atom stereocenters. The van der Waals surface area contributed by atoms with Gasteiger partial charge >= 0.3 is 0 Å². The number of fused-ring (bicyclic) bond motifs is 1. The lowest BCUT2D eigenvalue weighted by atomic mass is 10.1. The van der Waals surface area contributed by atoms with Gasteiger partial charge in [-0.1, -0.05) is 30.3 Å². The second-order valence-electron chi connectivity index (χ2n) is 6.19. The van der Waals surface area contributed by atoms with Gasteiger partial charge in [0.25, 0.3) is 5.69 Å². The Balaban J connectivity index is 1.59. The van der Waals surface area contributed by atoms with Gasteiger partial charge in [-0.2, -0.15) is 0 Å². The molecule has 0 spiro atoms. The molecule has 1 saturated carbocycles. The van der Waals surface area contributed by atoms with E-state index in [0.717, 1.165) is 16.9 Å². The first-order valence-electron chi connectivity index (χ1n) is 8.06. The summed E-state index contributed by atoms with van der Waals surface area (Å²) in [5.41, 5.74) is 3.14. The molecule has 1 aliphatic rings. The summed E-state index contributed by atoms with van der Waals surface area (Å²) < 4.78 is 0. The lowest BCUT2D eigenvalue weighted by Crippen LogP contribution is -2.03. The van der Waals surface area contributed by atoms with Crippen LogP contribution in [0.2, 0.25) is 0 Å². The Morgan fingerprint density at radius 3 is 2.62 bits per heavy atom. The first kappa shape index (κ1) is 14.6. The maximum atomic E-state index is 11.5. The van der Waals surface area contributed by atoms with E-state index in [1.165, 1.54) is 18.4 Å². The van der Waals surface area contributed by atoms with Crippen molar-refractivity contribution in [2.45, 2.75) is 25.3 Å². The number of rotatable bonds is 5. The summed E-state index contributed by atoms with van der Waals surface area (Å²) in [4.78, 5) is 15.2. The third-order valence-corrected chi connectivity index (χ3v) is 4.49. The number of benzene rings is 2. The molecule has 120 valence electrons. The molecule has 1 aromatic heterocycles. The minimum atomic E-state index is -0.332. The Hall–Kier alpha value is -2.95. The number of pyridine rings is 1. The van der Waals surface area contributed by atoms with Crippen molar-refractivity contribution in [2.75, 3.05) is 5.32 Å². The summed E-state index contributed by atoms with van der Waals surface area (Å²) in [5.74, 6) is 0.738. The number of nitro benzene ring substituents is 1. The molecule has 0 bridgehead atoms. The molecule has 1 heterocycles. The smallest absolute Gasteiger partial charge is 0.300 e. The number of nitrogens with one attached hydrogen (secondary N) is 1. The zero-order chi connectivity index (χ0) is 16.5. The van der Waals surface area contributed by atoms with Gasteiger partial charge in [0.1, 0.15) is 5.69 Å². The van der Waals surface area contributed by atoms with Gasteiger partial charge in [-0.05, 0) is 42.0 Å². The Labute approximate surface area is 139 Å². The second-order valence-corrected chi connectivity index (χ2v) is 6.19. The first-order chi connectivity index (χ1) is 11.7. The molecule has 24 heavy (non-hydrogen) atoms. The van der Waals surface area contributed by atoms with Crippen LogP contribution < -0.4 is 5.32 Å². The van der Waals surface area contributed by atoms with Crippen LogP contribution in [-0.4, -0.2) is 9.91 Å². The molecule has 0 aliphatic heterocycles. The van der Waals surface area contributed by atoms with Crippen molar-refractivity contribution in [2.24, 2.45) is 0 Å². The minimum Gasteiger partial charge on any atom is -0.375 e. The summed E-state index contributed by atoms with van der Waals surface area (Å²) in [6.07, 6.45) is 5.80. The number of anilines is 1. The fourth-order valence-corrected chi connectivity index (χ4v) is 3.01. The molecule has 0 radical (unpaired) electrons. The molecule has 5 nitrogen and oxygen atoms in total. The van der Waals surface area contributed by atoms with Crippen LogP contribution in [-0.2, 0) is 6.54 Å². The van der Waals surface area contributed by atoms with Crippen LogP contribution in [0.4, 0.5) is 11.4 Å². The van der Waals surface area contributed by atoms with Gasteiger partial charge < -0.3 is 5.32 Å². The summed E-state index contributed by atoms with van der Waals surface area (Å²) in [6, 6.07) is 13.8. The van der Waals surface area contributed by atoms with Gasteiger partial charge in [-0.15, -0.1) is 0 Å². The number of hydrogen-bond donors (Lipinski definition) is 1. The maximum absolute atomic E-state index is 11.5. The molecule has 1 N–H and O–H groups in total. The maximum Gasteiger partial charge on any atom is 0.300 e. The second kappa shape index (κ2) is 5.92. The number of aromatic nitrogens is 1. The predicted molar refractivity (Wildman–Crippen MR) is 94.1 cm³/mol. The molecule has 0 saturated heterocycles. The molecule has 0 amide bonds. The quantitative estimate of drug-likeness (QED) is 0.550. The van der Waals surface area contributed by atoms with Gasteiger partial charge in [0.2, 0.25) is 0 Å². The van der Waals surface area contributed by atoms with Crippen molar-refractivity contribution in [1.82, 2.24) is 4.98 Å². The summed E-state index contributed by atoms with van der Waals surface area (Å²) in [6.45, 7) is 0.558. The fraction of sp³-hybridized carbons (Fsp3) is 0.211. The Kier molecular flexibility index (Phi) is 3.61. The molecule has 0 atom stereocenters. The minimum absolute atomic E-state index is 0.101. The SMILES string of the molecule is O=[N+]([O-])c1c(NCc2ccc(C3CC3)cc2)ccc2cnccc12. The lowest BCUT2D eigenvalue weighted by Gasteiger charge is -2.10. The van der Waals surface area contributed by atoms with Gasteiger partial charge in [0.15, 0.2) is 0 Å². The van der Waals surface area contributed by atoms with Crippen molar-refractivity contribution in [3.63, 3.8) is 0 Å². The van der Waals surface area contributed by atoms with Crippen LogP contribution in [0, 0.1) is 10.1 Å². The molecule has 4 rings (SSSR count). The zero-order valence-corrected chi connectivity index (χ0v) is 13.1. The third kappa shape index (κ3) is 2.80. The highest BCUT2D eigenvalue weighted by atomic mass is 16.6. The van der Waals surface area contributed by atoms with Crippen LogP contribution in [0.15, 0.2) is 54.9 Å². The molecule has 1 aliphatic carbocycles. The van der Waals surface area contributed by atoms with Crippen LogP contribution >= 0.6 is 0 Å². The van der Waals surface area contributed by atoms with Gasteiger partial charge in [-0.25, -0.2) is 0 Å². The highest BCUT2D eigenvalue weighted by molar-refractivity contribution is 5.95. The third-order valence-electron chi connectivity index (χ3n) is 4.49. The van der Waals surface area contributed by atoms with E-state index >= 15 is 0 Å². The van der Waals surface area contributed by atoms with Crippen LogP contribution in [0.25, 0.3) is 10.8 Å². The van der Waals surface area contributed by atoms with Crippen LogP contribution in [0.5, 0.6) is 0 Å². The van der Waals surface area contributed by atoms with Gasteiger partial charge in [0.05, 0.1) is 10.3 Å². The normalized spacial score (nSPS) is 13.8. The van der Waals surface area contributed by atoms with Gasteiger partial charge in [0, 0.05) is 24.3 Å². The van der Waals surface area contributed by atoms with E-state index in [2.05, 4.69) is 34.6 Å². The fourth-order valence-electron chi connectivity index (χ4n) is 3.01. The number of nitrogens with zero attached hydrogens (tertiary/aromatic N) is 2. The van der Waals surface area contributed by atoms with Gasteiger partial charge in [-0.3, -0.25) is 15.1 Å². The van der Waals surface area contributed by atoms with E-state index in [4.69, 9.17) is 0 Å². The average molecular weight is 319 g/mol. The van der Waals surface area contributed by atoms with E-state index in [-0.39, 0.29) is 10.6 Å². The van der Waals surface area contributed by atoms with E-state index < -0.39 is 0 Å². The van der Waals surface area contributed by atoms with Crippen molar-refractivity contribution in [1.29, 1.82) is 0 Å². The zero-order valence-electron chi connectivity index (χ0n) is 13.1. The van der Waals surface area contributed by atoms with Crippen LogP contribution in [0.3, 0.4) is 0 Å². The topological polar surface area (TPSA) is 68.1 Å². The summed E-state index contributed by atoms with van der Waals surface area (Å²) >= 11 is 0. The van der Waals surface area contributed by atoms with E-state index in [1.54, 1.807) is 24.5 Å². The van der Waals surface area contributed by atoms with Crippen molar-refractivity contribution < 1.29 is 4.92 Å². The Bertz CT molecular complexity index is 902. The highest BCUT2D eigenvalue weighted by Crippen LogP contribution is 2.40. The lowest BCUT2D eigenvalue weighted by molar-refractivity contribution is -0.382.